The van der Waals surface area contributed by atoms with Crippen molar-refractivity contribution in [2.24, 2.45) is 0 Å². The van der Waals surface area contributed by atoms with E-state index in [2.05, 4.69) is 15.4 Å². The zero-order valence-corrected chi connectivity index (χ0v) is 12.6. The number of anilines is 1. The lowest BCUT2D eigenvalue weighted by atomic mass is 10.2. The molecule has 5 nitrogen and oxygen atoms in total. The fourth-order valence-electron chi connectivity index (χ4n) is 2.27. The maximum Gasteiger partial charge on any atom is 0.257 e. The molecule has 2 aromatic heterocycles. The lowest BCUT2D eigenvalue weighted by Crippen LogP contribution is -2.11. The van der Waals surface area contributed by atoms with Crippen LogP contribution in [-0.4, -0.2) is 20.7 Å². The van der Waals surface area contributed by atoms with Crippen molar-refractivity contribution in [1.29, 1.82) is 0 Å². The predicted molar refractivity (Wildman–Crippen MR) is 85.6 cm³/mol. The van der Waals surface area contributed by atoms with Gasteiger partial charge >= 0.3 is 0 Å². The fourth-order valence-corrected chi connectivity index (χ4v) is 3.05. The Labute approximate surface area is 131 Å². The lowest BCUT2D eigenvalue weighted by Gasteiger charge is -2.04. The summed E-state index contributed by atoms with van der Waals surface area (Å²) in [5.74, 6) is 0.471. The lowest BCUT2D eigenvalue weighted by molar-refractivity contribution is 0.102. The zero-order valence-electron chi connectivity index (χ0n) is 11.8. The monoisotopic (exact) mass is 310 g/mol. The molecule has 1 amide bonds. The Morgan fingerprint density at radius 3 is 2.77 bits per heavy atom. The molecule has 110 valence electrons. The van der Waals surface area contributed by atoms with Crippen LogP contribution in [0.4, 0.5) is 5.13 Å². The molecule has 4 rings (SSSR count). The first kappa shape index (κ1) is 13.2. The summed E-state index contributed by atoms with van der Waals surface area (Å²) in [7, 11) is 0. The molecule has 0 spiro atoms. The average molecular weight is 310 g/mol. The van der Waals surface area contributed by atoms with E-state index in [0.717, 1.165) is 11.4 Å². The van der Waals surface area contributed by atoms with Crippen molar-refractivity contribution in [3.63, 3.8) is 0 Å². The largest absolute Gasteiger partial charge is 0.298 e. The third kappa shape index (κ3) is 2.65. The van der Waals surface area contributed by atoms with Crippen LogP contribution in [-0.2, 0) is 0 Å². The van der Waals surface area contributed by atoms with Crippen molar-refractivity contribution in [3.05, 3.63) is 59.4 Å². The molecule has 0 radical (unpaired) electrons. The topological polar surface area (TPSA) is 59.8 Å². The average Bonchev–Trinajstić information content (AvgIpc) is 3.06. The number of carbonyl (C=O) groups is 1. The van der Waals surface area contributed by atoms with E-state index in [4.69, 9.17) is 0 Å². The van der Waals surface area contributed by atoms with Gasteiger partial charge in [-0.15, -0.1) is 11.3 Å². The fraction of sp³-hybridized carbons (Fsp3) is 0.188. The van der Waals surface area contributed by atoms with Gasteiger partial charge in [0.15, 0.2) is 5.13 Å². The van der Waals surface area contributed by atoms with Gasteiger partial charge < -0.3 is 0 Å². The number of thiazole rings is 1. The number of rotatable bonds is 4. The molecule has 1 aliphatic carbocycles. The summed E-state index contributed by atoms with van der Waals surface area (Å²) in [5, 5.41) is 9.73. The Morgan fingerprint density at radius 1 is 1.27 bits per heavy atom. The third-order valence-electron chi connectivity index (χ3n) is 3.64. The summed E-state index contributed by atoms with van der Waals surface area (Å²) < 4.78 is 1.75. The van der Waals surface area contributed by atoms with Gasteiger partial charge in [0, 0.05) is 29.3 Å². The number of benzene rings is 1. The highest BCUT2D eigenvalue weighted by molar-refractivity contribution is 7.14. The summed E-state index contributed by atoms with van der Waals surface area (Å²) >= 11 is 1.48. The molecule has 1 aliphatic rings. The first-order chi connectivity index (χ1) is 10.8. The highest BCUT2D eigenvalue weighted by atomic mass is 32.1. The number of nitrogens with one attached hydrogen (secondary N) is 1. The molecule has 0 aliphatic heterocycles. The van der Waals surface area contributed by atoms with Crippen molar-refractivity contribution >= 4 is 22.4 Å². The van der Waals surface area contributed by atoms with Crippen LogP contribution in [0.2, 0.25) is 0 Å². The van der Waals surface area contributed by atoms with Gasteiger partial charge in [-0.1, -0.05) is 0 Å². The van der Waals surface area contributed by atoms with E-state index in [9.17, 15) is 4.79 Å². The first-order valence-electron chi connectivity index (χ1n) is 7.16. The van der Waals surface area contributed by atoms with Crippen LogP contribution in [0, 0.1) is 0 Å². The van der Waals surface area contributed by atoms with Crippen molar-refractivity contribution in [2.75, 3.05) is 5.32 Å². The SMILES string of the molecule is O=C(Nc1nc(C2CC2)cs1)c1ccc(-n2cccn2)cc1. The van der Waals surface area contributed by atoms with E-state index < -0.39 is 0 Å². The molecule has 0 saturated heterocycles. The van der Waals surface area contributed by atoms with Crippen molar-refractivity contribution in [3.8, 4) is 5.69 Å². The molecular weight excluding hydrogens is 296 g/mol. The molecular formula is C16H14N4OS. The molecule has 1 aromatic carbocycles. The number of amides is 1. The quantitative estimate of drug-likeness (QED) is 0.803. The second-order valence-electron chi connectivity index (χ2n) is 5.30. The highest BCUT2D eigenvalue weighted by Gasteiger charge is 2.26. The predicted octanol–water partition coefficient (Wildman–Crippen LogP) is 3.46. The number of aromatic nitrogens is 3. The van der Waals surface area contributed by atoms with Gasteiger partial charge in [0.1, 0.15) is 0 Å². The molecule has 6 heteroatoms. The molecule has 0 atom stereocenters. The van der Waals surface area contributed by atoms with Gasteiger partial charge in [0.2, 0.25) is 0 Å². The first-order valence-corrected chi connectivity index (χ1v) is 8.04. The van der Waals surface area contributed by atoms with Gasteiger partial charge in [-0.05, 0) is 43.2 Å². The van der Waals surface area contributed by atoms with E-state index in [1.54, 1.807) is 23.0 Å². The second-order valence-corrected chi connectivity index (χ2v) is 6.16. The van der Waals surface area contributed by atoms with E-state index in [-0.39, 0.29) is 5.91 Å². The van der Waals surface area contributed by atoms with Crippen LogP contribution in [0.3, 0.4) is 0 Å². The molecule has 1 N–H and O–H groups in total. The minimum absolute atomic E-state index is 0.135. The number of carbonyl (C=O) groups excluding carboxylic acids is 1. The number of nitrogens with zero attached hydrogens (tertiary/aromatic N) is 3. The van der Waals surface area contributed by atoms with Gasteiger partial charge in [-0.3, -0.25) is 10.1 Å². The van der Waals surface area contributed by atoms with E-state index in [0.29, 0.717) is 16.6 Å². The molecule has 2 heterocycles. The zero-order chi connectivity index (χ0) is 14.9. The van der Waals surface area contributed by atoms with Gasteiger partial charge in [-0.2, -0.15) is 5.10 Å². The van der Waals surface area contributed by atoms with Crippen LogP contribution >= 0.6 is 11.3 Å². The number of hydrogen-bond acceptors (Lipinski definition) is 4. The van der Waals surface area contributed by atoms with Crippen LogP contribution in [0.1, 0.15) is 34.8 Å². The van der Waals surface area contributed by atoms with E-state index in [1.807, 2.05) is 29.8 Å². The highest BCUT2D eigenvalue weighted by Crippen LogP contribution is 2.40. The molecule has 0 bridgehead atoms. The minimum Gasteiger partial charge on any atom is -0.298 e. The second kappa shape index (κ2) is 5.38. The Balaban J connectivity index is 1.47. The van der Waals surface area contributed by atoms with Crippen molar-refractivity contribution in [1.82, 2.24) is 14.8 Å². The number of hydrogen-bond donors (Lipinski definition) is 1. The van der Waals surface area contributed by atoms with Crippen LogP contribution in [0.25, 0.3) is 5.69 Å². The molecule has 3 aromatic rings. The minimum atomic E-state index is -0.135. The maximum absolute atomic E-state index is 12.2. The summed E-state index contributed by atoms with van der Waals surface area (Å²) in [6.45, 7) is 0. The van der Waals surface area contributed by atoms with Gasteiger partial charge in [0.05, 0.1) is 11.4 Å². The Kier molecular flexibility index (Phi) is 3.23. The molecule has 1 saturated carbocycles. The van der Waals surface area contributed by atoms with Crippen LogP contribution < -0.4 is 5.32 Å². The molecule has 0 unspecified atom stereocenters. The van der Waals surface area contributed by atoms with E-state index in [1.165, 1.54) is 24.2 Å². The maximum atomic E-state index is 12.2. The van der Waals surface area contributed by atoms with Crippen molar-refractivity contribution < 1.29 is 4.79 Å². The van der Waals surface area contributed by atoms with Crippen LogP contribution in [0.5, 0.6) is 0 Å². The summed E-state index contributed by atoms with van der Waals surface area (Å²) in [6.07, 6.45) is 6.02. The van der Waals surface area contributed by atoms with Crippen LogP contribution in [0.15, 0.2) is 48.1 Å². The Bertz CT molecular complexity index is 788. The van der Waals surface area contributed by atoms with Gasteiger partial charge in [0.25, 0.3) is 5.91 Å². The summed E-state index contributed by atoms with van der Waals surface area (Å²) in [4.78, 5) is 16.7. The Morgan fingerprint density at radius 2 is 2.09 bits per heavy atom. The molecule has 22 heavy (non-hydrogen) atoms. The third-order valence-corrected chi connectivity index (χ3v) is 4.41. The van der Waals surface area contributed by atoms with E-state index >= 15 is 0 Å². The summed E-state index contributed by atoms with van der Waals surface area (Å²) in [6, 6.07) is 9.20. The normalized spacial score (nSPS) is 14.0. The summed E-state index contributed by atoms with van der Waals surface area (Å²) in [5.41, 5.74) is 2.64. The molecule has 1 fully saturated rings. The standard InChI is InChI=1S/C16H14N4OS/c21-15(19-16-18-14(10-22-16)11-2-3-11)12-4-6-13(7-5-12)20-9-1-8-17-20/h1,4-11H,2-3H2,(H,18,19,21). The smallest absolute Gasteiger partial charge is 0.257 e. The van der Waals surface area contributed by atoms with Crippen molar-refractivity contribution in [2.45, 2.75) is 18.8 Å². The van der Waals surface area contributed by atoms with Gasteiger partial charge in [-0.25, -0.2) is 9.67 Å². The Hall–Kier alpha value is -2.47.